The minimum Gasteiger partial charge on any atom is -0.490 e. The van der Waals surface area contributed by atoms with E-state index in [2.05, 4.69) is 10.2 Å². The highest BCUT2D eigenvalue weighted by molar-refractivity contribution is 5.76. The van der Waals surface area contributed by atoms with Crippen LogP contribution in [0.2, 0.25) is 0 Å². The monoisotopic (exact) mass is 317 g/mol. The summed E-state index contributed by atoms with van der Waals surface area (Å²) in [7, 11) is 0. The summed E-state index contributed by atoms with van der Waals surface area (Å²) in [6.07, 6.45) is 3.02. The van der Waals surface area contributed by atoms with Crippen molar-refractivity contribution in [2.45, 2.75) is 25.4 Å². The lowest BCUT2D eigenvalue weighted by Crippen LogP contribution is -2.47. The van der Waals surface area contributed by atoms with Crippen LogP contribution >= 0.6 is 0 Å². The molecule has 5 nitrogen and oxygen atoms in total. The number of para-hydroxylation sites is 1. The molecule has 1 amide bonds. The largest absolute Gasteiger partial charge is 0.490 e. The van der Waals surface area contributed by atoms with Crippen molar-refractivity contribution in [2.75, 3.05) is 45.8 Å². The summed E-state index contributed by atoms with van der Waals surface area (Å²) in [5, 5.41) is 3.28. The number of nitrogens with zero attached hydrogens (tertiary/aromatic N) is 2. The zero-order chi connectivity index (χ0) is 15.9. The Hall–Kier alpha value is -1.59. The predicted octanol–water partition coefficient (Wildman–Crippen LogP) is 1.35. The number of hydrogen-bond acceptors (Lipinski definition) is 4. The Labute approximate surface area is 138 Å². The molecule has 2 aliphatic heterocycles. The third-order valence-corrected chi connectivity index (χ3v) is 4.69. The second kappa shape index (κ2) is 8.31. The van der Waals surface area contributed by atoms with Crippen LogP contribution in [-0.4, -0.2) is 67.6 Å². The second-order valence-electron chi connectivity index (χ2n) is 6.35. The van der Waals surface area contributed by atoms with Crippen LogP contribution in [0.1, 0.15) is 19.3 Å². The lowest BCUT2D eigenvalue weighted by atomic mass is 10.1. The quantitative estimate of drug-likeness (QED) is 0.890. The molecule has 0 unspecified atom stereocenters. The molecule has 0 atom stereocenters. The van der Waals surface area contributed by atoms with Crippen molar-refractivity contribution in [3.05, 3.63) is 30.3 Å². The number of rotatable bonds is 5. The van der Waals surface area contributed by atoms with E-state index in [0.29, 0.717) is 18.4 Å². The molecule has 2 saturated heterocycles. The van der Waals surface area contributed by atoms with Gasteiger partial charge >= 0.3 is 0 Å². The number of nitrogens with one attached hydrogen (secondary N) is 1. The Morgan fingerprint density at radius 3 is 2.48 bits per heavy atom. The number of likely N-dealkylation sites (tertiary alicyclic amines) is 1. The minimum absolute atomic E-state index is 0.300. The zero-order valence-electron chi connectivity index (χ0n) is 13.7. The normalized spacial score (nSPS) is 20.4. The number of piperidine rings is 1. The fourth-order valence-corrected chi connectivity index (χ4v) is 3.27. The van der Waals surface area contributed by atoms with Gasteiger partial charge in [-0.3, -0.25) is 4.79 Å². The van der Waals surface area contributed by atoms with Crippen molar-refractivity contribution < 1.29 is 9.53 Å². The van der Waals surface area contributed by atoms with Gasteiger partial charge in [0, 0.05) is 52.2 Å². The van der Waals surface area contributed by atoms with Gasteiger partial charge < -0.3 is 19.9 Å². The maximum atomic E-state index is 12.2. The lowest BCUT2D eigenvalue weighted by Gasteiger charge is -2.33. The summed E-state index contributed by atoms with van der Waals surface area (Å²) in [6.45, 7) is 6.47. The molecule has 1 aromatic carbocycles. The topological polar surface area (TPSA) is 44.8 Å². The van der Waals surface area contributed by atoms with Gasteiger partial charge in [0.15, 0.2) is 0 Å². The van der Waals surface area contributed by atoms with Crippen LogP contribution in [0, 0.1) is 0 Å². The first-order valence-corrected chi connectivity index (χ1v) is 8.74. The Balaban J connectivity index is 1.35. The van der Waals surface area contributed by atoms with Crippen LogP contribution in [-0.2, 0) is 4.79 Å². The summed E-state index contributed by atoms with van der Waals surface area (Å²) in [5.74, 6) is 1.26. The summed E-state index contributed by atoms with van der Waals surface area (Å²) in [4.78, 5) is 16.6. The summed E-state index contributed by atoms with van der Waals surface area (Å²) in [6, 6.07) is 10.0. The molecule has 2 heterocycles. The van der Waals surface area contributed by atoms with Crippen molar-refractivity contribution >= 4 is 5.91 Å². The van der Waals surface area contributed by atoms with Crippen LogP contribution in [0.4, 0.5) is 0 Å². The average Bonchev–Trinajstić information content (AvgIpc) is 2.62. The molecule has 23 heavy (non-hydrogen) atoms. The highest BCUT2D eigenvalue weighted by Crippen LogP contribution is 2.18. The van der Waals surface area contributed by atoms with Crippen LogP contribution < -0.4 is 10.1 Å². The van der Waals surface area contributed by atoms with Crippen molar-refractivity contribution in [3.8, 4) is 5.75 Å². The predicted molar refractivity (Wildman–Crippen MR) is 90.6 cm³/mol. The van der Waals surface area contributed by atoms with Gasteiger partial charge in [0.05, 0.1) is 0 Å². The Kier molecular flexibility index (Phi) is 5.88. The van der Waals surface area contributed by atoms with Crippen molar-refractivity contribution in [1.82, 2.24) is 15.1 Å². The van der Waals surface area contributed by atoms with E-state index in [9.17, 15) is 4.79 Å². The Morgan fingerprint density at radius 2 is 1.78 bits per heavy atom. The van der Waals surface area contributed by atoms with Gasteiger partial charge in [-0.2, -0.15) is 0 Å². The molecule has 1 N–H and O–H groups in total. The number of carbonyl (C=O) groups is 1. The second-order valence-corrected chi connectivity index (χ2v) is 6.35. The maximum Gasteiger partial charge on any atom is 0.223 e. The molecule has 2 fully saturated rings. The van der Waals surface area contributed by atoms with E-state index in [1.807, 2.05) is 35.2 Å². The van der Waals surface area contributed by atoms with Gasteiger partial charge in [-0.1, -0.05) is 18.2 Å². The SMILES string of the molecule is O=C(CCN1CCC(Oc2ccccc2)CC1)N1CCNCC1. The van der Waals surface area contributed by atoms with Gasteiger partial charge in [0.2, 0.25) is 5.91 Å². The maximum absolute atomic E-state index is 12.2. The molecular formula is C18H27N3O2. The van der Waals surface area contributed by atoms with Crippen LogP contribution in [0.5, 0.6) is 5.75 Å². The van der Waals surface area contributed by atoms with Crippen LogP contribution in [0.25, 0.3) is 0 Å². The molecule has 0 radical (unpaired) electrons. The summed E-state index contributed by atoms with van der Waals surface area (Å²) in [5.41, 5.74) is 0. The van der Waals surface area contributed by atoms with Crippen molar-refractivity contribution in [2.24, 2.45) is 0 Å². The van der Waals surface area contributed by atoms with E-state index >= 15 is 0 Å². The van der Waals surface area contributed by atoms with E-state index in [-0.39, 0.29) is 0 Å². The molecule has 3 rings (SSSR count). The van der Waals surface area contributed by atoms with Crippen LogP contribution in [0.15, 0.2) is 30.3 Å². The number of ether oxygens (including phenoxy) is 1. The molecule has 5 heteroatoms. The first-order valence-electron chi connectivity index (χ1n) is 8.74. The standard InChI is InChI=1S/C18H27N3O2/c22-18(21-14-9-19-10-15-21)8-13-20-11-6-17(7-12-20)23-16-4-2-1-3-5-16/h1-5,17,19H,6-15H2. The van der Waals surface area contributed by atoms with Gasteiger partial charge in [0.1, 0.15) is 11.9 Å². The molecule has 0 spiro atoms. The summed E-state index contributed by atoms with van der Waals surface area (Å²) >= 11 is 0. The highest BCUT2D eigenvalue weighted by Gasteiger charge is 2.22. The first kappa shape index (κ1) is 16.3. The minimum atomic E-state index is 0.300. The number of hydrogen-bond donors (Lipinski definition) is 1. The Bertz CT molecular complexity index is 480. The highest BCUT2D eigenvalue weighted by atomic mass is 16.5. The van der Waals surface area contributed by atoms with E-state index in [0.717, 1.165) is 64.4 Å². The molecular weight excluding hydrogens is 290 g/mol. The average molecular weight is 317 g/mol. The third-order valence-electron chi connectivity index (χ3n) is 4.69. The molecule has 1 aromatic rings. The van der Waals surface area contributed by atoms with Crippen LogP contribution in [0.3, 0.4) is 0 Å². The molecule has 0 bridgehead atoms. The number of amides is 1. The fourth-order valence-electron chi connectivity index (χ4n) is 3.27. The van der Waals surface area contributed by atoms with Gasteiger partial charge in [0.25, 0.3) is 0 Å². The molecule has 126 valence electrons. The molecule has 0 aromatic heterocycles. The van der Waals surface area contributed by atoms with E-state index in [4.69, 9.17) is 4.74 Å². The summed E-state index contributed by atoms with van der Waals surface area (Å²) < 4.78 is 6.02. The molecule has 2 aliphatic rings. The van der Waals surface area contributed by atoms with Gasteiger partial charge in [-0.15, -0.1) is 0 Å². The first-order chi connectivity index (χ1) is 11.3. The van der Waals surface area contributed by atoms with E-state index < -0.39 is 0 Å². The Morgan fingerprint density at radius 1 is 1.09 bits per heavy atom. The number of piperazine rings is 1. The smallest absolute Gasteiger partial charge is 0.223 e. The molecule has 0 saturated carbocycles. The molecule has 0 aliphatic carbocycles. The van der Waals surface area contributed by atoms with E-state index in [1.54, 1.807) is 0 Å². The number of carbonyl (C=O) groups excluding carboxylic acids is 1. The van der Waals surface area contributed by atoms with Crippen molar-refractivity contribution in [1.29, 1.82) is 0 Å². The fraction of sp³-hybridized carbons (Fsp3) is 0.611. The lowest BCUT2D eigenvalue weighted by molar-refractivity contribution is -0.132. The zero-order valence-corrected chi connectivity index (χ0v) is 13.7. The van der Waals surface area contributed by atoms with Gasteiger partial charge in [-0.25, -0.2) is 0 Å². The number of benzene rings is 1. The third kappa shape index (κ3) is 4.94. The van der Waals surface area contributed by atoms with Crippen molar-refractivity contribution in [3.63, 3.8) is 0 Å². The van der Waals surface area contributed by atoms with Gasteiger partial charge in [-0.05, 0) is 25.0 Å². The van der Waals surface area contributed by atoms with E-state index in [1.165, 1.54) is 0 Å².